The second-order valence-corrected chi connectivity index (χ2v) is 9.64. The molecule has 1 aromatic heterocycles. The minimum absolute atomic E-state index is 0. The zero-order valence-corrected chi connectivity index (χ0v) is 22.4. The third-order valence-electron chi connectivity index (χ3n) is 7.20. The summed E-state index contributed by atoms with van der Waals surface area (Å²) in [5, 5.41) is 5.08. The van der Waals surface area contributed by atoms with Gasteiger partial charge in [0.2, 0.25) is 0 Å². The Morgan fingerprint density at radius 1 is 0.737 bits per heavy atom. The Balaban J connectivity index is 0.00000294. The van der Waals surface area contributed by atoms with Gasteiger partial charge in [-0.05, 0) is 64.9 Å². The van der Waals surface area contributed by atoms with Crippen molar-refractivity contribution >= 4 is 23.3 Å². The van der Waals surface area contributed by atoms with Crippen LogP contribution in [-0.2, 0) is 26.1 Å². The molecule has 0 radical (unpaired) electrons. The Hall–Kier alpha value is -3.73. The van der Waals surface area contributed by atoms with Crippen LogP contribution < -0.4 is 14.8 Å². The van der Waals surface area contributed by atoms with E-state index in [2.05, 4.69) is 71.8 Å². The Bertz CT molecular complexity index is 1500. The molecule has 0 fully saturated rings. The van der Waals surface area contributed by atoms with Crippen LogP contribution in [0.5, 0.6) is 11.5 Å². The minimum Gasteiger partial charge on any atom is -0.485 e. The molecule has 0 saturated heterocycles. The number of H-pyrrole nitrogens is 1. The Morgan fingerprint density at radius 3 is 2.11 bits per heavy atom. The summed E-state index contributed by atoms with van der Waals surface area (Å²) in [5.41, 5.74) is 8.68. The Morgan fingerprint density at radius 2 is 1.42 bits per heavy atom. The SMILES string of the molecule is CCc1ccc2[nH]c3c(c2c1)CCNC3c1ccc(OCc2ccccc2)c(OCc2ccccc2)c1.Cl. The maximum Gasteiger partial charge on any atom is 0.162 e. The van der Waals surface area contributed by atoms with Gasteiger partial charge in [-0.1, -0.05) is 79.7 Å². The molecule has 5 heteroatoms. The van der Waals surface area contributed by atoms with E-state index in [1.807, 2.05) is 42.5 Å². The maximum atomic E-state index is 6.36. The standard InChI is InChI=1S/C33H32N2O2.ClH/c1-2-23-13-15-29-28(19-23)27-17-18-34-32(33(27)35-29)26-14-16-30(36-21-24-9-5-3-6-10-24)31(20-26)37-22-25-11-7-4-8-12-25;/h3-16,19-20,32,34-35H,2,17-18,21-22H2,1H3;1H. The maximum absolute atomic E-state index is 6.36. The normalized spacial score (nSPS) is 14.5. The number of aromatic amines is 1. The molecule has 5 aromatic rings. The third-order valence-corrected chi connectivity index (χ3v) is 7.20. The number of hydrogen-bond acceptors (Lipinski definition) is 3. The molecular formula is C33H33ClN2O2. The van der Waals surface area contributed by atoms with E-state index in [-0.39, 0.29) is 18.4 Å². The highest BCUT2D eigenvalue weighted by Crippen LogP contribution is 2.38. The first-order valence-electron chi connectivity index (χ1n) is 13.1. The van der Waals surface area contributed by atoms with Crippen molar-refractivity contribution in [3.05, 3.63) is 131 Å². The quantitative estimate of drug-likeness (QED) is 0.220. The smallest absolute Gasteiger partial charge is 0.162 e. The predicted molar refractivity (Wildman–Crippen MR) is 156 cm³/mol. The monoisotopic (exact) mass is 524 g/mol. The van der Waals surface area contributed by atoms with Crippen molar-refractivity contribution in [1.82, 2.24) is 10.3 Å². The van der Waals surface area contributed by atoms with E-state index in [4.69, 9.17) is 9.47 Å². The van der Waals surface area contributed by atoms with E-state index in [0.29, 0.717) is 13.2 Å². The molecular weight excluding hydrogens is 492 g/mol. The van der Waals surface area contributed by atoms with E-state index in [1.54, 1.807) is 0 Å². The number of ether oxygens (including phenoxy) is 2. The second kappa shape index (κ2) is 11.8. The lowest BCUT2D eigenvalue weighted by Crippen LogP contribution is -2.30. The van der Waals surface area contributed by atoms with Crippen LogP contribution in [-0.4, -0.2) is 11.5 Å². The third kappa shape index (κ3) is 5.42. The molecule has 0 spiro atoms. The summed E-state index contributed by atoms with van der Waals surface area (Å²) in [6.07, 6.45) is 2.07. The van der Waals surface area contributed by atoms with Crippen LogP contribution in [0.4, 0.5) is 0 Å². The number of benzene rings is 4. The summed E-state index contributed by atoms with van der Waals surface area (Å²) in [6.45, 7) is 4.13. The van der Waals surface area contributed by atoms with E-state index >= 15 is 0 Å². The number of halogens is 1. The predicted octanol–water partition coefficient (Wildman–Crippen LogP) is 7.55. The first kappa shape index (κ1) is 25.9. The van der Waals surface area contributed by atoms with Gasteiger partial charge in [0, 0.05) is 23.1 Å². The van der Waals surface area contributed by atoms with Crippen LogP contribution in [0.2, 0.25) is 0 Å². The van der Waals surface area contributed by atoms with Gasteiger partial charge in [0.05, 0.1) is 6.04 Å². The summed E-state index contributed by atoms with van der Waals surface area (Å²) < 4.78 is 12.6. The lowest BCUT2D eigenvalue weighted by Gasteiger charge is -2.26. The summed E-state index contributed by atoms with van der Waals surface area (Å²) >= 11 is 0. The number of hydrogen-bond donors (Lipinski definition) is 2. The molecule has 1 aliphatic rings. The molecule has 4 nitrogen and oxygen atoms in total. The first-order chi connectivity index (χ1) is 18.3. The molecule has 38 heavy (non-hydrogen) atoms. The number of rotatable bonds is 8. The molecule has 194 valence electrons. The molecule has 6 rings (SSSR count). The fourth-order valence-electron chi connectivity index (χ4n) is 5.19. The van der Waals surface area contributed by atoms with Crippen molar-refractivity contribution in [1.29, 1.82) is 0 Å². The Kier molecular flexibility index (Phi) is 8.02. The van der Waals surface area contributed by atoms with Gasteiger partial charge in [0.1, 0.15) is 13.2 Å². The van der Waals surface area contributed by atoms with Crippen molar-refractivity contribution < 1.29 is 9.47 Å². The van der Waals surface area contributed by atoms with Crippen molar-refractivity contribution in [3.8, 4) is 11.5 Å². The van der Waals surface area contributed by atoms with E-state index in [1.165, 1.54) is 33.3 Å². The molecule has 1 aliphatic heterocycles. The summed E-state index contributed by atoms with van der Waals surface area (Å²) in [6, 6.07) is 33.7. The van der Waals surface area contributed by atoms with Gasteiger partial charge in [-0.15, -0.1) is 12.4 Å². The van der Waals surface area contributed by atoms with Crippen LogP contribution in [0.25, 0.3) is 10.9 Å². The van der Waals surface area contributed by atoms with Gasteiger partial charge < -0.3 is 19.8 Å². The molecule has 4 aromatic carbocycles. The van der Waals surface area contributed by atoms with E-state index < -0.39 is 0 Å². The molecule has 2 heterocycles. The molecule has 2 N–H and O–H groups in total. The van der Waals surface area contributed by atoms with Crippen LogP contribution in [0.15, 0.2) is 97.1 Å². The first-order valence-corrected chi connectivity index (χ1v) is 13.1. The van der Waals surface area contributed by atoms with E-state index in [0.717, 1.165) is 42.0 Å². The average Bonchev–Trinajstić information content (AvgIpc) is 3.34. The minimum atomic E-state index is 0. The average molecular weight is 525 g/mol. The van der Waals surface area contributed by atoms with Crippen molar-refractivity contribution in [3.63, 3.8) is 0 Å². The number of nitrogens with one attached hydrogen (secondary N) is 2. The fourth-order valence-corrected chi connectivity index (χ4v) is 5.19. The molecule has 0 saturated carbocycles. The number of aromatic nitrogens is 1. The van der Waals surface area contributed by atoms with Gasteiger partial charge >= 0.3 is 0 Å². The van der Waals surface area contributed by atoms with Gasteiger partial charge in [-0.25, -0.2) is 0 Å². The van der Waals surface area contributed by atoms with Gasteiger partial charge in [-0.2, -0.15) is 0 Å². The van der Waals surface area contributed by atoms with Crippen LogP contribution >= 0.6 is 12.4 Å². The van der Waals surface area contributed by atoms with Gasteiger partial charge in [0.15, 0.2) is 11.5 Å². The van der Waals surface area contributed by atoms with Crippen LogP contribution in [0.3, 0.4) is 0 Å². The molecule has 1 atom stereocenters. The number of aryl methyl sites for hydroxylation is 1. The molecule has 0 bridgehead atoms. The fraction of sp³-hybridized carbons (Fsp3) is 0.212. The lowest BCUT2D eigenvalue weighted by molar-refractivity contribution is 0.255. The van der Waals surface area contributed by atoms with Crippen molar-refractivity contribution in [2.24, 2.45) is 0 Å². The summed E-state index contributed by atoms with van der Waals surface area (Å²) in [5.74, 6) is 1.51. The van der Waals surface area contributed by atoms with E-state index in [9.17, 15) is 0 Å². The Labute approximate surface area is 230 Å². The molecule has 1 unspecified atom stereocenters. The second-order valence-electron chi connectivity index (χ2n) is 9.64. The molecule has 0 aliphatic carbocycles. The highest BCUT2D eigenvalue weighted by atomic mass is 35.5. The highest BCUT2D eigenvalue weighted by Gasteiger charge is 2.26. The zero-order chi connectivity index (χ0) is 25.0. The van der Waals surface area contributed by atoms with Gasteiger partial charge in [0.25, 0.3) is 0 Å². The van der Waals surface area contributed by atoms with Crippen molar-refractivity contribution in [2.45, 2.75) is 39.0 Å². The topological polar surface area (TPSA) is 46.3 Å². The zero-order valence-electron chi connectivity index (χ0n) is 21.6. The summed E-state index contributed by atoms with van der Waals surface area (Å²) in [4.78, 5) is 3.72. The van der Waals surface area contributed by atoms with Crippen molar-refractivity contribution in [2.75, 3.05) is 6.54 Å². The highest BCUT2D eigenvalue weighted by molar-refractivity contribution is 5.86. The molecule has 0 amide bonds. The largest absolute Gasteiger partial charge is 0.485 e. The van der Waals surface area contributed by atoms with Crippen LogP contribution in [0, 0.1) is 0 Å². The lowest BCUT2D eigenvalue weighted by atomic mass is 9.93. The summed E-state index contributed by atoms with van der Waals surface area (Å²) in [7, 11) is 0. The van der Waals surface area contributed by atoms with Gasteiger partial charge in [-0.3, -0.25) is 0 Å². The van der Waals surface area contributed by atoms with Crippen LogP contribution in [0.1, 0.15) is 46.5 Å². The number of fused-ring (bicyclic) bond motifs is 3.